The molecule has 1 aliphatic heterocycles. The van der Waals surface area contributed by atoms with Gasteiger partial charge >= 0.3 is 0 Å². The first-order valence-electron chi connectivity index (χ1n) is 5.08. The van der Waals surface area contributed by atoms with E-state index >= 15 is 0 Å². The van der Waals surface area contributed by atoms with E-state index in [1.54, 1.807) is 0 Å². The summed E-state index contributed by atoms with van der Waals surface area (Å²) in [5, 5.41) is 8.99. The quantitative estimate of drug-likeness (QED) is 0.725. The lowest BCUT2D eigenvalue weighted by molar-refractivity contribution is 0.293. The molecule has 0 aromatic heterocycles. The second-order valence-corrected chi connectivity index (χ2v) is 3.69. The van der Waals surface area contributed by atoms with E-state index in [1.165, 1.54) is 5.57 Å². The standard InChI is InChI=1S/C12H15NO/c1-2-12-7-4-3-5-11(12)13-9-10(12)6-8-14/h3-5,7,9,14H,2,6,8H2,1H3/t12-/m0/s1. The minimum absolute atomic E-state index is 0.0164. The monoisotopic (exact) mass is 189 g/mol. The first kappa shape index (κ1) is 9.41. The zero-order valence-corrected chi connectivity index (χ0v) is 8.40. The van der Waals surface area contributed by atoms with Crippen LogP contribution in [0.5, 0.6) is 0 Å². The smallest absolute Gasteiger partial charge is 0.0544 e. The summed E-state index contributed by atoms with van der Waals surface area (Å²) in [6, 6.07) is 0. The van der Waals surface area contributed by atoms with E-state index in [4.69, 9.17) is 5.11 Å². The van der Waals surface area contributed by atoms with Crippen molar-refractivity contribution < 1.29 is 5.11 Å². The normalized spacial score (nSPS) is 28.7. The van der Waals surface area contributed by atoms with Gasteiger partial charge in [0, 0.05) is 12.8 Å². The highest BCUT2D eigenvalue weighted by Crippen LogP contribution is 2.42. The van der Waals surface area contributed by atoms with Crippen LogP contribution in [-0.4, -0.2) is 17.4 Å². The second-order valence-electron chi connectivity index (χ2n) is 3.69. The van der Waals surface area contributed by atoms with Gasteiger partial charge in [0.15, 0.2) is 0 Å². The fourth-order valence-corrected chi connectivity index (χ4v) is 2.23. The van der Waals surface area contributed by atoms with Crippen molar-refractivity contribution in [2.24, 2.45) is 10.4 Å². The summed E-state index contributed by atoms with van der Waals surface area (Å²) in [4.78, 5) is 4.41. The van der Waals surface area contributed by atoms with Gasteiger partial charge in [0.1, 0.15) is 0 Å². The van der Waals surface area contributed by atoms with Gasteiger partial charge in [-0.1, -0.05) is 25.2 Å². The minimum atomic E-state index is -0.0164. The van der Waals surface area contributed by atoms with Gasteiger partial charge in [0.05, 0.1) is 11.1 Å². The number of aliphatic hydroxyl groups is 1. The highest BCUT2D eigenvalue weighted by atomic mass is 16.3. The van der Waals surface area contributed by atoms with Crippen molar-refractivity contribution in [1.82, 2.24) is 0 Å². The molecule has 0 amide bonds. The molecule has 1 heterocycles. The number of hydrogen-bond acceptors (Lipinski definition) is 2. The lowest BCUT2D eigenvalue weighted by Crippen LogP contribution is -2.28. The number of aliphatic hydroxyl groups excluding tert-OH is 1. The van der Waals surface area contributed by atoms with Gasteiger partial charge in [0.2, 0.25) is 0 Å². The molecule has 0 saturated heterocycles. The van der Waals surface area contributed by atoms with Crippen molar-refractivity contribution in [3.8, 4) is 0 Å². The number of aliphatic imine (C=N–C) groups is 1. The van der Waals surface area contributed by atoms with Crippen LogP contribution in [0.15, 0.2) is 41.1 Å². The van der Waals surface area contributed by atoms with Crippen LogP contribution in [0.25, 0.3) is 0 Å². The van der Waals surface area contributed by atoms with E-state index in [2.05, 4.69) is 30.1 Å². The Bertz CT molecular complexity index is 349. The van der Waals surface area contributed by atoms with Crippen LogP contribution >= 0.6 is 0 Å². The summed E-state index contributed by atoms with van der Waals surface area (Å²) in [5.41, 5.74) is 2.33. The maximum absolute atomic E-state index is 8.99. The van der Waals surface area contributed by atoms with Gasteiger partial charge in [-0.2, -0.15) is 0 Å². The molecule has 2 aliphatic rings. The van der Waals surface area contributed by atoms with E-state index in [0.717, 1.165) is 18.6 Å². The predicted molar refractivity (Wildman–Crippen MR) is 58.2 cm³/mol. The number of fused-ring (bicyclic) bond motifs is 1. The Kier molecular flexibility index (Phi) is 2.38. The Balaban J connectivity index is 2.35. The average molecular weight is 189 g/mol. The van der Waals surface area contributed by atoms with E-state index < -0.39 is 0 Å². The molecule has 2 heteroatoms. The molecule has 0 unspecified atom stereocenters. The summed E-state index contributed by atoms with van der Waals surface area (Å²) in [5.74, 6) is 0. The third kappa shape index (κ3) is 1.18. The third-order valence-corrected chi connectivity index (χ3v) is 3.07. The lowest BCUT2D eigenvalue weighted by atomic mass is 9.72. The van der Waals surface area contributed by atoms with E-state index in [0.29, 0.717) is 0 Å². The van der Waals surface area contributed by atoms with Gasteiger partial charge in [-0.3, -0.25) is 4.99 Å². The highest BCUT2D eigenvalue weighted by molar-refractivity contribution is 6.06. The fraction of sp³-hybridized carbons (Fsp3) is 0.417. The van der Waals surface area contributed by atoms with Crippen LogP contribution < -0.4 is 0 Å². The van der Waals surface area contributed by atoms with Crippen LogP contribution in [0.4, 0.5) is 0 Å². The Labute approximate surface area is 84.4 Å². The molecule has 1 N–H and O–H groups in total. The zero-order chi connectivity index (χ0) is 10.0. The van der Waals surface area contributed by atoms with Gasteiger partial charge in [-0.05, 0) is 24.5 Å². The van der Waals surface area contributed by atoms with Crippen molar-refractivity contribution >= 4 is 5.71 Å². The first-order chi connectivity index (χ1) is 6.83. The summed E-state index contributed by atoms with van der Waals surface area (Å²) in [7, 11) is 0. The van der Waals surface area contributed by atoms with Crippen LogP contribution in [0, 0.1) is 5.41 Å². The molecular formula is C12H15NO. The van der Waals surface area contributed by atoms with Crippen molar-refractivity contribution in [3.05, 3.63) is 36.1 Å². The molecule has 0 spiro atoms. The molecule has 0 radical (unpaired) electrons. The summed E-state index contributed by atoms with van der Waals surface area (Å²) >= 11 is 0. The summed E-state index contributed by atoms with van der Waals surface area (Å²) < 4.78 is 0. The van der Waals surface area contributed by atoms with E-state index in [9.17, 15) is 0 Å². The van der Waals surface area contributed by atoms with Crippen LogP contribution in [0.2, 0.25) is 0 Å². The molecule has 2 nitrogen and oxygen atoms in total. The van der Waals surface area contributed by atoms with Gasteiger partial charge in [0.25, 0.3) is 0 Å². The molecule has 1 atom stereocenters. The number of allylic oxidation sites excluding steroid dienone is 4. The molecule has 2 rings (SSSR count). The Morgan fingerprint density at radius 1 is 1.43 bits per heavy atom. The van der Waals surface area contributed by atoms with Crippen molar-refractivity contribution in [2.45, 2.75) is 19.8 Å². The molecule has 1 aliphatic carbocycles. The fourth-order valence-electron chi connectivity index (χ4n) is 2.23. The van der Waals surface area contributed by atoms with E-state index in [1.807, 2.05) is 12.3 Å². The highest BCUT2D eigenvalue weighted by Gasteiger charge is 2.37. The molecule has 0 aromatic rings. The Hall–Kier alpha value is -1.15. The largest absolute Gasteiger partial charge is 0.396 e. The summed E-state index contributed by atoms with van der Waals surface area (Å²) in [6.07, 6.45) is 12.0. The molecule has 0 saturated carbocycles. The lowest BCUT2D eigenvalue weighted by Gasteiger charge is -2.30. The SMILES string of the molecule is CC[C@@]12C=CC=CC1=NC=C2CCO. The van der Waals surface area contributed by atoms with Gasteiger partial charge < -0.3 is 5.11 Å². The van der Waals surface area contributed by atoms with Crippen LogP contribution in [0.1, 0.15) is 19.8 Å². The number of nitrogens with zero attached hydrogens (tertiary/aromatic N) is 1. The zero-order valence-electron chi connectivity index (χ0n) is 8.40. The maximum atomic E-state index is 8.99. The van der Waals surface area contributed by atoms with Gasteiger partial charge in [-0.15, -0.1) is 0 Å². The maximum Gasteiger partial charge on any atom is 0.0544 e. The van der Waals surface area contributed by atoms with E-state index in [-0.39, 0.29) is 12.0 Å². The predicted octanol–water partition coefficient (Wildman–Crippen LogP) is 2.23. The average Bonchev–Trinajstić information content (AvgIpc) is 2.59. The van der Waals surface area contributed by atoms with Gasteiger partial charge in [-0.25, -0.2) is 0 Å². The molecular weight excluding hydrogens is 174 g/mol. The first-order valence-corrected chi connectivity index (χ1v) is 5.08. The van der Waals surface area contributed by atoms with Crippen LogP contribution in [-0.2, 0) is 0 Å². The Morgan fingerprint density at radius 3 is 3.00 bits per heavy atom. The molecule has 0 aromatic carbocycles. The molecule has 0 fully saturated rings. The number of rotatable bonds is 3. The summed E-state index contributed by atoms with van der Waals surface area (Å²) in [6.45, 7) is 2.36. The Morgan fingerprint density at radius 2 is 2.29 bits per heavy atom. The minimum Gasteiger partial charge on any atom is -0.396 e. The molecule has 14 heavy (non-hydrogen) atoms. The number of hydrogen-bond donors (Lipinski definition) is 1. The topological polar surface area (TPSA) is 32.6 Å². The third-order valence-electron chi connectivity index (χ3n) is 3.07. The van der Waals surface area contributed by atoms with Crippen molar-refractivity contribution in [3.63, 3.8) is 0 Å². The molecule has 0 bridgehead atoms. The second kappa shape index (κ2) is 3.54. The van der Waals surface area contributed by atoms with Crippen LogP contribution in [0.3, 0.4) is 0 Å². The molecule has 74 valence electrons. The van der Waals surface area contributed by atoms with Crippen molar-refractivity contribution in [1.29, 1.82) is 0 Å². The van der Waals surface area contributed by atoms with Crippen molar-refractivity contribution in [2.75, 3.05) is 6.61 Å².